The van der Waals surface area contributed by atoms with Gasteiger partial charge in [0.05, 0.1) is 12.6 Å². The fraction of sp³-hybridized carbons (Fsp3) is 0.500. The molecule has 1 aromatic heterocycles. The molecule has 0 aromatic carbocycles. The molecule has 1 aromatic rings. The van der Waals surface area contributed by atoms with E-state index >= 15 is 0 Å². The van der Waals surface area contributed by atoms with Gasteiger partial charge in [0.1, 0.15) is 0 Å². The summed E-state index contributed by atoms with van der Waals surface area (Å²) in [6.45, 7) is 2.17. The quantitative estimate of drug-likeness (QED) is 0.649. The lowest BCUT2D eigenvalue weighted by Gasteiger charge is -2.08. The summed E-state index contributed by atoms with van der Waals surface area (Å²) >= 11 is 1.08. The van der Waals surface area contributed by atoms with Crippen molar-refractivity contribution in [3.05, 3.63) is 20.7 Å². The predicted molar refractivity (Wildman–Crippen MR) is 55.1 cm³/mol. The van der Waals surface area contributed by atoms with E-state index in [-0.39, 0.29) is 10.8 Å². The Labute approximate surface area is 85.3 Å². The van der Waals surface area contributed by atoms with Crippen LogP contribution in [-0.2, 0) is 11.3 Å². The third-order valence-electron chi connectivity index (χ3n) is 1.80. The van der Waals surface area contributed by atoms with Gasteiger partial charge >= 0.3 is 4.87 Å². The van der Waals surface area contributed by atoms with Crippen LogP contribution in [0.2, 0.25) is 0 Å². The first kappa shape index (κ1) is 10.9. The molecule has 78 valence electrons. The molecule has 1 unspecified atom stereocenters. The molecule has 1 heterocycles. The second-order valence-corrected chi connectivity index (χ2v) is 3.75. The Kier molecular flexibility index (Phi) is 3.84. The Morgan fingerprint density at radius 1 is 1.79 bits per heavy atom. The average molecular weight is 215 g/mol. The van der Waals surface area contributed by atoms with Gasteiger partial charge in [0.25, 0.3) is 0 Å². The molecule has 0 aliphatic carbocycles. The number of thiazole rings is 1. The molecule has 0 saturated heterocycles. The maximum Gasteiger partial charge on any atom is 0.304 e. The van der Waals surface area contributed by atoms with Crippen LogP contribution in [-0.4, -0.2) is 16.9 Å². The number of H-pyrrole nitrogens is 1. The van der Waals surface area contributed by atoms with E-state index in [0.29, 0.717) is 18.7 Å². The number of nitrogens with one attached hydrogen (secondary N) is 2. The highest BCUT2D eigenvalue weighted by molar-refractivity contribution is 7.07. The Hall–Kier alpha value is -1.14. The van der Waals surface area contributed by atoms with E-state index < -0.39 is 6.04 Å². The smallest absolute Gasteiger partial charge is 0.304 e. The highest BCUT2D eigenvalue weighted by atomic mass is 32.1. The van der Waals surface area contributed by atoms with Crippen LogP contribution in [0.25, 0.3) is 0 Å². The number of amides is 1. The van der Waals surface area contributed by atoms with Crippen molar-refractivity contribution in [3.8, 4) is 0 Å². The van der Waals surface area contributed by atoms with Crippen molar-refractivity contribution in [2.45, 2.75) is 25.9 Å². The van der Waals surface area contributed by atoms with Crippen molar-refractivity contribution < 1.29 is 4.79 Å². The first-order chi connectivity index (χ1) is 6.63. The summed E-state index contributed by atoms with van der Waals surface area (Å²) in [5, 5.41) is 4.32. The molecular weight excluding hydrogens is 202 g/mol. The number of carbonyl (C=O) groups excluding carboxylic acids is 1. The van der Waals surface area contributed by atoms with Crippen LogP contribution in [0.3, 0.4) is 0 Å². The molecule has 0 saturated carbocycles. The summed E-state index contributed by atoms with van der Waals surface area (Å²) in [7, 11) is 0. The van der Waals surface area contributed by atoms with Crippen LogP contribution in [0, 0.1) is 0 Å². The fourth-order valence-corrected chi connectivity index (χ4v) is 1.48. The molecule has 0 aliphatic heterocycles. The Morgan fingerprint density at radius 3 is 3.00 bits per heavy atom. The molecule has 4 N–H and O–H groups in total. The van der Waals surface area contributed by atoms with E-state index in [1.165, 1.54) is 0 Å². The van der Waals surface area contributed by atoms with Gasteiger partial charge in [0, 0.05) is 11.1 Å². The van der Waals surface area contributed by atoms with Crippen LogP contribution >= 0.6 is 11.3 Å². The van der Waals surface area contributed by atoms with Gasteiger partial charge in [-0.1, -0.05) is 18.3 Å². The first-order valence-corrected chi connectivity index (χ1v) is 5.21. The van der Waals surface area contributed by atoms with Gasteiger partial charge in [-0.25, -0.2) is 0 Å². The third-order valence-corrected chi connectivity index (χ3v) is 2.52. The second-order valence-electron chi connectivity index (χ2n) is 2.91. The molecule has 1 rings (SSSR count). The molecular formula is C8H13N3O2S. The molecule has 0 aliphatic rings. The van der Waals surface area contributed by atoms with E-state index in [9.17, 15) is 9.59 Å². The monoisotopic (exact) mass is 215 g/mol. The summed E-state index contributed by atoms with van der Waals surface area (Å²) in [6.07, 6.45) is 0.603. The molecule has 5 nitrogen and oxygen atoms in total. The van der Waals surface area contributed by atoms with Gasteiger partial charge in [0.15, 0.2) is 0 Å². The van der Waals surface area contributed by atoms with Crippen LogP contribution in [0.5, 0.6) is 0 Å². The SMILES string of the molecule is CCC(N)C(=O)NCc1csc(=O)[nH]1. The van der Waals surface area contributed by atoms with E-state index in [4.69, 9.17) is 5.73 Å². The number of nitrogens with two attached hydrogens (primary N) is 1. The zero-order chi connectivity index (χ0) is 10.6. The van der Waals surface area contributed by atoms with Crippen molar-refractivity contribution in [2.75, 3.05) is 0 Å². The van der Waals surface area contributed by atoms with E-state index in [1.54, 1.807) is 5.38 Å². The maximum absolute atomic E-state index is 11.2. The van der Waals surface area contributed by atoms with Gasteiger partial charge in [0.2, 0.25) is 5.91 Å². The van der Waals surface area contributed by atoms with Crippen LogP contribution in [0.1, 0.15) is 19.0 Å². The highest BCUT2D eigenvalue weighted by Gasteiger charge is 2.10. The third kappa shape index (κ3) is 2.97. The lowest BCUT2D eigenvalue weighted by molar-refractivity contribution is -0.122. The maximum atomic E-state index is 11.2. The van der Waals surface area contributed by atoms with Gasteiger partial charge < -0.3 is 16.0 Å². The summed E-state index contributed by atoms with van der Waals surface area (Å²) in [5.74, 6) is -0.195. The van der Waals surface area contributed by atoms with Crippen molar-refractivity contribution in [1.82, 2.24) is 10.3 Å². The molecule has 0 radical (unpaired) electrons. The number of aromatic nitrogens is 1. The minimum absolute atomic E-state index is 0.117. The van der Waals surface area contributed by atoms with E-state index in [0.717, 1.165) is 11.3 Å². The average Bonchev–Trinajstić information content (AvgIpc) is 2.59. The van der Waals surface area contributed by atoms with Crippen molar-refractivity contribution in [2.24, 2.45) is 5.73 Å². The molecule has 6 heteroatoms. The fourth-order valence-electron chi connectivity index (χ4n) is 0.899. The van der Waals surface area contributed by atoms with Crippen molar-refractivity contribution in [1.29, 1.82) is 0 Å². The van der Waals surface area contributed by atoms with Gasteiger partial charge in [-0.05, 0) is 6.42 Å². The summed E-state index contributed by atoms with van der Waals surface area (Å²) in [5.41, 5.74) is 6.21. The number of carbonyl (C=O) groups is 1. The summed E-state index contributed by atoms with van der Waals surface area (Å²) in [4.78, 5) is 24.5. The van der Waals surface area contributed by atoms with Gasteiger partial charge in [-0.15, -0.1) is 0 Å². The Balaban J connectivity index is 2.41. The first-order valence-electron chi connectivity index (χ1n) is 4.33. The van der Waals surface area contributed by atoms with Crippen LogP contribution < -0.4 is 15.9 Å². The van der Waals surface area contributed by atoms with Crippen molar-refractivity contribution >= 4 is 17.2 Å². The number of hydrogen-bond donors (Lipinski definition) is 3. The minimum Gasteiger partial charge on any atom is -0.349 e. The molecule has 1 atom stereocenters. The van der Waals surface area contributed by atoms with Crippen LogP contribution in [0.15, 0.2) is 10.2 Å². The normalized spacial score (nSPS) is 12.4. The minimum atomic E-state index is -0.472. The molecule has 14 heavy (non-hydrogen) atoms. The number of hydrogen-bond acceptors (Lipinski definition) is 4. The Bertz CT molecular complexity index is 357. The zero-order valence-corrected chi connectivity index (χ0v) is 8.69. The Morgan fingerprint density at radius 2 is 2.50 bits per heavy atom. The molecule has 0 spiro atoms. The summed E-state index contributed by atoms with van der Waals surface area (Å²) in [6, 6.07) is -0.472. The topological polar surface area (TPSA) is 88.0 Å². The zero-order valence-electron chi connectivity index (χ0n) is 7.87. The summed E-state index contributed by atoms with van der Waals surface area (Å²) < 4.78 is 0. The number of aromatic amines is 1. The molecule has 1 amide bonds. The number of rotatable bonds is 4. The van der Waals surface area contributed by atoms with Crippen molar-refractivity contribution in [3.63, 3.8) is 0 Å². The lowest BCUT2D eigenvalue weighted by Crippen LogP contribution is -2.39. The highest BCUT2D eigenvalue weighted by Crippen LogP contribution is 1.95. The lowest BCUT2D eigenvalue weighted by atomic mass is 10.2. The van der Waals surface area contributed by atoms with Gasteiger partial charge in [-0.3, -0.25) is 9.59 Å². The van der Waals surface area contributed by atoms with Gasteiger partial charge in [-0.2, -0.15) is 0 Å². The van der Waals surface area contributed by atoms with E-state index in [2.05, 4.69) is 10.3 Å². The van der Waals surface area contributed by atoms with Crippen LogP contribution in [0.4, 0.5) is 0 Å². The molecule has 0 fully saturated rings. The van der Waals surface area contributed by atoms with E-state index in [1.807, 2.05) is 6.92 Å². The standard InChI is InChI=1S/C8H13N3O2S/c1-2-6(9)7(12)10-3-5-4-14-8(13)11-5/h4,6H,2-3,9H2,1H3,(H,10,12)(H,11,13). The largest absolute Gasteiger partial charge is 0.349 e. The predicted octanol–water partition coefficient (Wildman–Crippen LogP) is -0.210. The molecule has 0 bridgehead atoms. The second kappa shape index (κ2) is 4.92.